The highest BCUT2D eigenvalue weighted by Crippen LogP contribution is 2.43. The lowest BCUT2D eigenvalue weighted by Gasteiger charge is -2.47. The van der Waals surface area contributed by atoms with Gasteiger partial charge in [-0.3, -0.25) is 0 Å². The third kappa shape index (κ3) is 5.21. The summed E-state index contributed by atoms with van der Waals surface area (Å²) in [6, 6.07) is 11.3. The summed E-state index contributed by atoms with van der Waals surface area (Å²) in [5.74, 6) is -0.682. The van der Waals surface area contributed by atoms with Gasteiger partial charge >= 0.3 is 8.80 Å². The lowest BCUT2D eigenvalue weighted by atomic mass is 10.0. The fourth-order valence-corrected chi connectivity index (χ4v) is 13.7. The molecule has 0 radical (unpaired) electrons. The van der Waals surface area contributed by atoms with Crippen molar-refractivity contribution in [3.8, 4) is 0 Å². The predicted molar refractivity (Wildman–Crippen MR) is 109 cm³/mol. The summed E-state index contributed by atoms with van der Waals surface area (Å²) in [4.78, 5) is 0. The van der Waals surface area contributed by atoms with E-state index in [-0.39, 0.29) is 0 Å². The van der Waals surface area contributed by atoms with Gasteiger partial charge in [0.15, 0.2) is 32.9 Å². The summed E-state index contributed by atoms with van der Waals surface area (Å²) in [6.45, 7) is 13.2. The molecule has 8 heteroatoms. The lowest BCUT2D eigenvalue weighted by molar-refractivity contribution is -0.170. The minimum absolute atomic E-state index is 0.682. The van der Waals surface area contributed by atoms with Gasteiger partial charge in [0, 0.05) is 18.0 Å². The third-order valence-corrected chi connectivity index (χ3v) is 12.9. The number of rotatable bonds is 7. The van der Waals surface area contributed by atoms with Crippen LogP contribution in [0.3, 0.4) is 0 Å². The molecule has 2 rings (SSSR count). The van der Waals surface area contributed by atoms with E-state index in [4.69, 9.17) is 17.1 Å². The molecule has 24 heavy (non-hydrogen) atoms. The first-order valence-corrected chi connectivity index (χ1v) is 19.3. The Morgan fingerprint density at radius 1 is 0.917 bits per heavy atom. The zero-order chi connectivity index (χ0) is 17.8. The Kier molecular flexibility index (Phi) is 7.20. The molecule has 0 aromatic heterocycles. The number of hydrogen-bond acceptors (Lipinski definition) is 4. The van der Waals surface area contributed by atoms with E-state index in [0.29, 0.717) is 0 Å². The molecule has 1 saturated heterocycles. The highest BCUT2D eigenvalue weighted by atomic mass is 28.5. The van der Waals surface area contributed by atoms with Gasteiger partial charge in [-0.1, -0.05) is 30.3 Å². The average Bonchev–Trinajstić information content (AvgIpc) is 2.45. The van der Waals surface area contributed by atoms with Crippen LogP contribution in [0.2, 0.25) is 45.3 Å². The minimum Gasteiger partial charge on any atom is -0.419 e. The molecule has 1 atom stereocenters. The highest BCUT2D eigenvalue weighted by Gasteiger charge is 2.54. The SMILES string of the molecule is C[SiH](C)OC1(c2ccccc2)CCC[Si](O[SiH](C)C)(O[SiH](C)C)O1. The smallest absolute Gasteiger partial charge is 0.419 e. The summed E-state index contributed by atoms with van der Waals surface area (Å²) in [5, 5.41) is 0. The summed E-state index contributed by atoms with van der Waals surface area (Å²) in [5.41, 5.74) is 1.10. The largest absolute Gasteiger partial charge is 0.482 e. The fourth-order valence-electron chi connectivity index (χ4n) is 3.23. The van der Waals surface area contributed by atoms with Crippen molar-refractivity contribution in [2.45, 2.75) is 64.0 Å². The maximum atomic E-state index is 6.76. The van der Waals surface area contributed by atoms with Crippen molar-refractivity contribution in [2.24, 2.45) is 0 Å². The van der Waals surface area contributed by atoms with Crippen LogP contribution in [0.4, 0.5) is 0 Å². The van der Waals surface area contributed by atoms with Crippen LogP contribution in [0, 0.1) is 0 Å². The van der Waals surface area contributed by atoms with Gasteiger partial charge < -0.3 is 17.1 Å². The van der Waals surface area contributed by atoms with Crippen molar-refractivity contribution < 1.29 is 17.1 Å². The molecule has 1 aliphatic heterocycles. The van der Waals surface area contributed by atoms with Gasteiger partial charge in [-0.25, -0.2) is 0 Å². The molecular weight excluding hydrogens is 369 g/mol. The zero-order valence-corrected chi connectivity index (χ0v) is 20.3. The first-order valence-electron chi connectivity index (χ1n) is 9.06. The maximum absolute atomic E-state index is 6.76. The average molecular weight is 401 g/mol. The molecule has 1 fully saturated rings. The highest BCUT2D eigenvalue weighted by molar-refractivity contribution is 6.75. The van der Waals surface area contributed by atoms with Gasteiger partial charge in [-0.15, -0.1) is 0 Å². The van der Waals surface area contributed by atoms with Gasteiger partial charge in [0.05, 0.1) is 0 Å². The summed E-state index contributed by atoms with van der Waals surface area (Å²) < 4.78 is 26.2. The quantitative estimate of drug-likeness (QED) is 0.655. The molecule has 0 saturated carbocycles. The van der Waals surface area contributed by atoms with E-state index >= 15 is 0 Å². The lowest BCUT2D eigenvalue weighted by Crippen LogP contribution is -2.59. The Labute approximate surface area is 153 Å². The standard InChI is InChI=1S/C16H32O4Si4/c1-21(2)17-16(15-11-8-7-9-12-15)13-10-14-24(18-16,19-22(3)4)20-23(5)6/h7-9,11-12,21-23H,10,13-14H2,1-6H3. The number of hydrogen-bond donors (Lipinski definition) is 0. The van der Waals surface area contributed by atoms with Crippen LogP contribution in [0.25, 0.3) is 0 Å². The van der Waals surface area contributed by atoms with E-state index in [1.54, 1.807) is 0 Å². The Morgan fingerprint density at radius 2 is 1.50 bits per heavy atom. The van der Waals surface area contributed by atoms with Crippen LogP contribution < -0.4 is 0 Å². The second kappa shape index (κ2) is 8.54. The van der Waals surface area contributed by atoms with Crippen LogP contribution in [-0.4, -0.2) is 35.9 Å². The van der Waals surface area contributed by atoms with Gasteiger partial charge in [-0.05, 0) is 45.7 Å². The number of benzene rings is 1. The Bertz CT molecular complexity index is 502. The summed E-state index contributed by atoms with van der Waals surface area (Å²) >= 11 is 0. The molecule has 1 aliphatic rings. The van der Waals surface area contributed by atoms with Crippen molar-refractivity contribution in [3.63, 3.8) is 0 Å². The van der Waals surface area contributed by atoms with Crippen molar-refractivity contribution in [2.75, 3.05) is 0 Å². The van der Waals surface area contributed by atoms with Crippen LogP contribution in [0.15, 0.2) is 30.3 Å². The monoisotopic (exact) mass is 400 g/mol. The normalized spacial score (nSPS) is 24.0. The molecule has 1 heterocycles. The first-order chi connectivity index (χ1) is 11.3. The molecule has 136 valence electrons. The van der Waals surface area contributed by atoms with E-state index in [1.165, 1.54) is 0 Å². The Morgan fingerprint density at radius 3 is 2.00 bits per heavy atom. The molecule has 1 aromatic carbocycles. The Hall–Kier alpha value is -0.0725. The van der Waals surface area contributed by atoms with E-state index in [2.05, 4.69) is 63.5 Å². The summed E-state index contributed by atoms with van der Waals surface area (Å²) in [7, 11) is -6.51. The van der Waals surface area contributed by atoms with Crippen LogP contribution in [-0.2, 0) is 22.9 Å². The van der Waals surface area contributed by atoms with Gasteiger partial charge in [0.1, 0.15) is 0 Å². The zero-order valence-electron chi connectivity index (χ0n) is 15.9. The molecule has 0 aliphatic carbocycles. The summed E-state index contributed by atoms with van der Waals surface area (Å²) in [6.07, 6.45) is 1.91. The van der Waals surface area contributed by atoms with Gasteiger partial charge in [0.25, 0.3) is 0 Å². The van der Waals surface area contributed by atoms with Crippen molar-refractivity contribution in [3.05, 3.63) is 35.9 Å². The topological polar surface area (TPSA) is 36.9 Å². The second-order valence-electron chi connectivity index (χ2n) is 7.26. The van der Waals surface area contributed by atoms with E-state index in [1.807, 2.05) is 6.07 Å². The molecule has 1 unspecified atom stereocenters. The van der Waals surface area contributed by atoms with Crippen molar-refractivity contribution >= 4 is 35.9 Å². The maximum Gasteiger partial charge on any atom is 0.482 e. The van der Waals surface area contributed by atoms with Gasteiger partial charge in [-0.2, -0.15) is 0 Å². The van der Waals surface area contributed by atoms with E-state index < -0.39 is 41.7 Å². The molecule has 4 nitrogen and oxygen atoms in total. The molecular formula is C16H32O4Si4. The first kappa shape index (κ1) is 20.2. The molecule has 0 spiro atoms. The molecule has 0 bridgehead atoms. The van der Waals surface area contributed by atoms with Crippen LogP contribution in [0.5, 0.6) is 0 Å². The second-order valence-corrected chi connectivity index (χ2v) is 17.7. The molecule has 1 aromatic rings. The van der Waals surface area contributed by atoms with Crippen LogP contribution >= 0.6 is 0 Å². The van der Waals surface area contributed by atoms with Gasteiger partial charge in [0.2, 0.25) is 0 Å². The third-order valence-electron chi connectivity index (χ3n) is 3.78. The Balaban J connectivity index is 2.39. The fraction of sp³-hybridized carbons (Fsp3) is 0.625. The van der Waals surface area contributed by atoms with Crippen LogP contribution in [0.1, 0.15) is 18.4 Å². The van der Waals surface area contributed by atoms with E-state index in [9.17, 15) is 0 Å². The molecule has 0 amide bonds. The minimum atomic E-state index is -2.67. The predicted octanol–water partition coefficient (Wildman–Crippen LogP) is 3.59. The van der Waals surface area contributed by atoms with E-state index in [0.717, 1.165) is 24.4 Å². The van der Waals surface area contributed by atoms with Crippen molar-refractivity contribution in [1.82, 2.24) is 0 Å². The molecule has 0 N–H and O–H groups in total. The van der Waals surface area contributed by atoms with Crippen molar-refractivity contribution in [1.29, 1.82) is 0 Å².